The Labute approximate surface area is 180 Å². The maximum Gasteiger partial charge on any atom is 0.283 e. The number of hydrogen-bond acceptors (Lipinski definition) is 6. The van der Waals surface area contributed by atoms with E-state index in [1.54, 1.807) is 0 Å². The van der Waals surface area contributed by atoms with E-state index in [2.05, 4.69) is 4.99 Å². The molecule has 0 fully saturated rings. The fourth-order valence-corrected chi connectivity index (χ4v) is 4.15. The van der Waals surface area contributed by atoms with Crippen molar-refractivity contribution in [3.63, 3.8) is 0 Å². The number of hydrogen-bond donors (Lipinski definition) is 1. The highest BCUT2D eigenvalue weighted by molar-refractivity contribution is 8.00. The Balaban J connectivity index is 1.73. The molecule has 1 aromatic heterocycles. The smallest absolute Gasteiger partial charge is 0.283 e. The molecule has 3 rings (SSSR count). The van der Waals surface area contributed by atoms with Crippen molar-refractivity contribution in [1.82, 2.24) is 4.57 Å². The molecule has 1 heterocycles. The van der Waals surface area contributed by atoms with Crippen LogP contribution in [0.4, 0.5) is 5.69 Å². The average Bonchev–Trinajstić information content (AvgIpc) is 3.14. The lowest BCUT2D eigenvalue weighted by Crippen LogP contribution is -2.17. The van der Waals surface area contributed by atoms with Gasteiger partial charge in [-0.25, -0.2) is 0 Å². The maximum atomic E-state index is 12.4. The molecule has 8 nitrogen and oxygen atoms in total. The van der Waals surface area contributed by atoms with Crippen LogP contribution in [0.1, 0.15) is 21.5 Å². The molecule has 0 atom stereocenters. The summed E-state index contributed by atoms with van der Waals surface area (Å²) in [6.45, 7) is 2.60. The molecule has 0 aliphatic heterocycles. The van der Waals surface area contributed by atoms with Crippen molar-refractivity contribution in [3.05, 3.63) is 85.6 Å². The van der Waals surface area contributed by atoms with Crippen LogP contribution in [0.5, 0.6) is 0 Å². The van der Waals surface area contributed by atoms with Gasteiger partial charge in [-0.05, 0) is 24.6 Å². The number of nitrogens with two attached hydrogens (primary N) is 1. The summed E-state index contributed by atoms with van der Waals surface area (Å²) in [5.41, 5.74) is 7.20. The maximum absolute atomic E-state index is 12.4. The molecule has 10 heteroatoms. The van der Waals surface area contributed by atoms with Gasteiger partial charge in [0.25, 0.3) is 11.6 Å². The highest BCUT2D eigenvalue weighted by Gasteiger charge is 2.18. The number of aromatic nitrogens is 1. The Morgan fingerprint density at radius 1 is 1.23 bits per heavy atom. The van der Waals surface area contributed by atoms with Crippen molar-refractivity contribution in [2.75, 3.05) is 5.75 Å². The topological polar surface area (TPSA) is 121 Å². The van der Waals surface area contributed by atoms with Crippen LogP contribution in [0.3, 0.4) is 0 Å². The van der Waals surface area contributed by atoms with Crippen molar-refractivity contribution in [1.29, 1.82) is 0 Å². The number of thiazole rings is 1. The molecule has 0 unspecified atom stereocenters. The Morgan fingerprint density at radius 3 is 2.63 bits per heavy atom. The van der Waals surface area contributed by atoms with Crippen molar-refractivity contribution in [2.45, 2.75) is 18.4 Å². The molecule has 0 spiro atoms. The summed E-state index contributed by atoms with van der Waals surface area (Å²) in [5.74, 6) is -1.23. The predicted octanol–water partition coefficient (Wildman–Crippen LogP) is 3.13. The number of benzene rings is 2. The van der Waals surface area contributed by atoms with Gasteiger partial charge in [0.1, 0.15) is 0 Å². The number of carbonyl (C=O) groups excluding carboxylic acids is 2. The van der Waals surface area contributed by atoms with E-state index in [9.17, 15) is 19.7 Å². The number of rotatable bonds is 7. The summed E-state index contributed by atoms with van der Waals surface area (Å²) in [6.07, 6.45) is 1.86. The van der Waals surface area contributed by atoms with E-state index in [1.807, 2.05) is 47.3 Å². The third kappa shape index (κ3) is 5.43. The van der Waals surface area contributed by atoms with Gasteiger partial charge in [-0.2, -0.15) is 4.99 Å². The number of nitro benzene ring substituents is 1. The van der Waals surface area contributed by atoms with Crippen LogP contribution >= 0.6 is 23.1 Å². The van der Waals surface area contributed by atoms with Crippen molar-refractivity contribution in [2.24, 2.45) is 10.7 Å². The summed E-state index contributed by atoms with van der Waals surface area (Å²) in [4.78, 5) is 39.2. The van der Waals surface area contributed by atoms with Crippen LogP contribution in [0.2, 0.25) is 0 Å². The molecule has 0 aliphatic rings. The lowest BCUT2D eigenvalue weighted by Gasteiger charge is -2.04. The summed E-state index contributed by atoms with van der Waals surface area (Å²) >= 11 is 2.34. The van der Waals surface area contributed by atoms with Crippen LogP contribution in [-0.2, 0) is 11.3 Å². The first-order valence-corrected chi connectivity index (χ1v) is 10.7. The van der Waals surface area contributed by atoms with Gasteiger partial charge >= 0.3 is 0 Å². The second-order valence-corrected chi connectivity index (χ2v) is 8.29. The zero-order chi connectivity index (χ0) is 21.7. The Morgan fingerprint density at radius 2 is 1.97 bits per heavy atom. The van der Waals surface area contributed by atoms with E-state index in [0.29, 0.717) is 11.3 Å². The Bertz CT molecular complexity index is 1170. The summed E-state index contributed by atoms with van der Waals surface area (Å²) in [7, 11) is 0. The van der Waals surface area contributed by atoms with Crippen LogP contribution in [-0.4, -0.2) is 27.1 Å². The number of primary amides is 1. The van der Waals surface area contributed by atoms with Gasteiger partial charge in [-0.15, -0.1) is 23.1 Å². The van der Waals surface area contributed by atoms with E-state index in [1.165, 1.54) is 29.0 Å². The molecular weight excluding hydrogens is 424 g/mol. The molecule has 2 N–H and O–H groups in total. The third-order valence-corrected chi connectivity index (χ3v) is 5.99. The van der Waals surface area contributed by atoms with Crippen LogP contribution in [0.15, 0.2) is 63.9 Å². The van der Waals surface area contributed by atoms with E-state index >= 15 is 0 Å². The number of thioether (sulfide) groups is 1. The van der Waals surface area contributed by atoms with Gasteiger partial charge < -0.3 is 10.3 Å². The minimum atomic E-state index is -0.753. The quantitative estimate of drug-likeness (QED) is 0.342. The first-order chi connectivity index (χ1) is 14.3. The first kappa shape index (κ1) is 21.5. The molecule has 0 aliphatic carbocycles. The van der Waals surface area contributed by atoms with Gasteiger partial charge in [0.05, 0.1) is 15.6 Å². The largest absolute Gasteiger partial charge is 0.366 e. The molecule has 154 valence electrons. The number of nitrogens with zero attached hydrogens (tertiary/aromatic N) is 3. The molecule has 0 saturated heterocycles. The number of carbonyl (C=O) groups is 2. The molecule has 0 saturated carbocycles. The fraction of sp³-hybridized carbons (Fsp3) is 0.150. The van der Waals surface area contributed by atoms with Crippen molar-refractivity contribution >= 4 is 40.6 Å². The van der Waals surface area contributed by atoms with E-state index in [0.717, 1.165) is 23.4 Å². The van der Waals surface area contributed by atoms with Gasteiger partial charge in [0, 0.05) is 29.8 Å². The summed E-state index contributed by atoms with van der Waals surface area (Å²) in [5, 5.41) is 13.1. The van der Waals surface area contributed by atoms with Gasteiger partial charge in [0.2, 0.25) is 5.91 Å². The van der Waals surface area contributed by atoms with Crippen molar-refractivity contribution in [3.8, 4) is 0 Å². The zero-order valence-electron chi connectivity index (χ0n) is 16.0. The molecule has 3 aromatic rings. The first-order valence-electron chi connectivity index (χ1n) is 8.81. The predicted molar refractivity (Wildman–Crippen MR) is 115 cm³/mol. The fourth-order valence-electron chi connectivity index (χ4n) is 2.61. The number of amides is 2. The number of nitro groups is 1. The van der Waals surface area contributed by atoms with Crippen LogP contribution in [0, 0.1) is 17.0 Å². The summed E-state index contributed by atoms with van der Waals surface area (Å²) in [6, 6.07) is 12.0. The third-order valence-electron chi connectivity index (χ3n) is 4.15. The lowest BCUT2D eigenvalue weighted by molar-refractivity contribution is -0.387. The normalized spacial score (nSPS) is 11.4. The van der Waals surface area contributed by atoms with Gasteiger partial charge in [-0.1, -0.05) is 29.8 Å². The zero-order valence-corrected chi connectivity index (χ0v) is 17.6. The van der Waals surface area contributed by atoms with Gasteiger partial charge in [0.15, 0.2) is 4.80 Å². The Hall–Kier alpha value is -3.24. The van der Waals surface area contributed by atoms with Crippen molar-refractivity contribution < 1.29 is 14.5 Å². The monoisotopic (exact) mass is 442 g/mol. The van der Waals surface area contributed by atoms with E-state index in [-0.39, 0.29) is 21.9 Å². The Kier molecular flexibility index (Phi) is 6.80. The van der Waals surface area contributed by atoms with Crippen LogP contribution in [0.25, 0.3) is 0 Å². The van der Waals surface area contributed by atoms with E-state index < -0.39 is 16.7 Å². The molecular formula is C20H18N4O4S2. The van der Waals surface area contributed by atoms with E-state index in [4.69, 9.17) is 5.73 Å². The highest BCUT2D eigenvalue weighted by Crippen LogP contribution is 2.30. The minimum Gasteiger partial charge on any atom is -0.366 e. The molecule has 2 amide bonds. The molecule has 2 aromatic carbocycles. The minimum absolute atomic E-state index is 0.0396. The SMILES string of the molecule is Cc1ccc(Cn2ccsc2=NC(=O)CSc2ccc(C(N)=O)cc2[N+](=O)[O-])cc1. The van der Waals surface area contributed by atoms with Gasteiger partial charge in [-0.3, -0.25) is 19.7 Å². The second-order valence-electron chi connectivity index (χ2n) is 6.40. The molecule has 30 heavy (non-hydrogen) atoms. The highest BCUT2D eigenvalue weighted by atomic mass is 32.2. The molecule has 0 radical (unpaired) electrons. The van der Waals surface area contributed by atoms with Crippen LogP contribution < -0.4 is 10.5 Å². The standard InChI is InChI=1S/C20H18N4O4S2/c1-13-2-4-14(5-3-13)11-23-8-9-29-20(23)22-18(25)12-30-17-7-6-15(19(21)26)10-16(17)24(27)28/h2-10H,11-12H2,1H3,(H2,21,26). The average molecular weight is 443 g/mol. The number of aryl methyl sites for hydroxylation is 1. The second kappa shape index (κ2) is 9.51. The molecule has 0 bridgehead atoms. The summed E-state index contributed by atoms with van der Waals surface area (Å²) < 4.78 is 1.88. The lowest BCUT2D eigenvalue weighted by atomic mass is 10.1.